The zero-order valence-corrected chi connectivity index (χ0v) is 30.9. The van der Waals surface area contributed by atoms with Crippen molar-refractivity contribution in [1.82, 2.24) is 8.80 Å². The number of hydrogen-bond donors (Lipinski definition) is 0. The Balaban J connectivity index is 1.19. The number of furan rings is 2. The zero-order valence-electron chi connectivity index (χ0n) is 30.9. The molecule has 0 fully saturated rings. The van der Waals surface area contributed by atoms with E-state index in [1.165, 1.54) is 98.4 Å². The summed E-state index contributed by atoms with van der Waals surface area (Å²) in [6, 6.07) is 61.6. The van der Waals surface area contributed by atoms with E-state index in [0.717, 1.165) is 43.9 Å². The summed E-state index contributed by atoms with van der Waals surface area (Å²) in [5, 5.41) is 14.8. The maximum absolute atomic E-state index is 6.44. The SMILES string of the molecule is c1ccc2c(c1)oc1cccc(-c3cccc4c5c6c7ccccc7n7c8c(-c9cccc%10oc%11ccccc%11c9%10)cccc8c(c8c9ccccc9n(c34)c85)c67)c12. The second-order valence-corrected chi connectivity index (χ2v) is 15.9. The first-order valence-electron chi connectivity index (χ1n) is 19.9. The first-order valence-corrected chi connectivity index (χ1v) is 19.9. The Bertz CT molecular complexity index is 3990. The van der Waals surface area contributed by atoms with Crippen LogP contribution in [-0.2, 0) is 0 Å². The molecule has 0 bridgehead atoms. The number of hydrogen-bond acceptors (Lipinski definition) is 2. The number of rotatable bonds is 2. The van der Waals surface area contributed by atoms with E-state index in [1.54, 1.807) is 0 Å². The molecule has 15 rings (SSSR count). The molecule has 0 radical (unpaired) electrons. The van der Waals surface area contributed by atoms with Crippen LogP contribution >= 0.6 is 0 Å². The van der Waals surface area contributed by atoms with Gasteiger partial charge in [-0.3, -0.25) is 0 Å². The highest BCUT2D eigenvalue weighted by atomic mass is 16.3. The van der Waals surface area contributed by atoms with Crippen molar-refractivity contribution in [2.24, 2.45) is 0 Å². The van der Waals surface area contributed by atoms with E-state index in [9.17, 15) is 0 Å². The van der Waals surface area contributed by atoms with E-state index in [1.807, 2.05) is 12.1 Å². The fourth-order valence-electron chi connectivity index (χ4n) is 11.1. The van der Waals surface area contributed by atoms with Gasteiger partial charge in [0.25, 0.3) is 0 Å². The normalized spacial score (nSPS) is 12.8. The average molecular weight is 737 g/mol. The Morgan fingerprint density at radius 2 is 0.586 bits per heavy atom. The van der Waals surface area contributed by atoms with Crippen molar-refractivity contribution in [3.05, 3.63) is 170 Å². The van der Waals surface area contributed by atoms with Gasteiger partial charge in [0.05, 0.1) is 33.1 Å². The van der Waals surface area contributed by atoms with E-state index >= 15 is 0 Å². The predicted octanol–water partition coefficient (Wildman–Crippen LogP) is 15.1. The first-order chi connectivity index (χ1) is 28.8. The van der Waals surface area contributed by atoms with Crippen molar-refractivity contribution >= 4 is 120 Å². The Hall–Kier alpha value is -7.82. The lowest BCUT2D eigenvalue weighted by atomic mass is 9.94. The predicted molar refractivity (Wildman–Crippen MR) is 241 cm³/mol. The van der Waals surface area contributed by atoms with Crippen LogP contribution in [0.15, 0.2) is 179 Å². The Morgan fingerprint density at radius 1 is 0.241 bits per heavy atom. The fourth-order valence-corrected chi connectivity index (χ4v) is 11.1. The van der Waals surface area contributed by atoms with Crippen LogP contribution in [0.1, 0.15) is 0 Å². The second kappa shape index (κ2) is 10.1. The van der Waals surface area contributed by atoms with Crippen molar-refractivity contribution in [1.29, 1.82) is 0 Å². The largest absolute Gasteiger partial charge is 0.456 e. The van der Waals surface area contributed by atoms with Gasteiger partial charge in [-0.2, -0.15) is 0 Å². The maximum Gasteiger partial charge on any atom is 0.136 e. The topological polar surface area (TPSA) is 35.1 Å². The van der Waals surface area contributed by atoms with Gasteiger partial charge in [0.15, 0.2) is 0 Å². The van der Waals surface area contributed by atoms with E-state index in [-0.39, 0.29) is 0 Å². The number of benzene rings is 9. The molecule has 0 spiro atoms. The second-order valence-electron chi connectivity index (χ2n) is 15.9. The Kier molecular flexibility index (Phi) is 5.14. The van der Waals surface area contributed by atoms with Crippen LogP contribution in [-0.4, -0.2) is 8.80 Å². The number of para-hydroxylation sites is 6. The summed E-state index contributed by atoms with van der Waals surface area (Å²) >= 11 is 0. The molecule has 6 aromatic heterocycles. The van der Waals surface area contributed by atoms with Crippen molar-refractivity contribution in [2.75, 3.05) is 0 Å². The van der Waals surface area contributed by atoms with Gasteiger partial charge in [-0.25, -0.2) is 0 Å². The minimum atomic E-state index is 0.906. The molecular weight excluding hydrogens is 709 g/mol. The molecule has 0 aliphatic heterocycles. The molecule has 4 heteroatoms. The zero-order chi connectivity index (χ0) is 37.4. The van der Waals surface area contributed by atoms with Gasteiger partial charge in [0.2, 0.25) is 0 Å². The first kappa shape index (κ1) is 29.5. The van der Waals surface area contributed by atoms with Crippen LogP contribution in [0, 0.1) is 0 Å². The molecule has 0 saturated heterocycles. The van der Waals surface area contributed by atoms with E-state index in [2.05, 4.69) is 167 Å². The van der Waals surface area contributed by atoms with Gasteiger partial charge in [0.1, 0.15) is 22.3 Å². The summed E-state index contributed by atoms with van der Waals surface area (Å²) in [7, 11) is 0. The van der Waals surface area contributed by atoms with Crippen LogP contribution in [0.3, 0.4) is 0 Å². The number of fused-ring (bicyclic) bond motifs is 20. The molecule has 0 N–H and O–H groups in total. The summed E-state index contributed by atoms with van der Waals surface area (Å²) in [4.78, 5) is 0. The lowest BCUT2D eigenvalue weighted by molar-refractivity contribution is 0.668. The highest BCUT2D eigenvalue weighted by Gasteiger charge is 2.30. The van der Waals surface area contributed by atoms with Crippen LogP contribution in [0.4, 0.5) is 0 Å². The van der Waals surface area contributed by atoms with Gasteiger partial charge in [-0.1, -0.05) is 133 Å². The van der Waals surface area contributed by atoms with Crippen LogP contribution in [0.5, 0.6) is 0 Å². The lowest BCUT2D eigenvalue weighted by Crippen LogP contribution is -1.86. The minimum Gasteiger partial charge on any atom is -0.456 e. The Labute approximate surface area is 328 Å². The summed E-state index contributed by atoms with van der Waals surface area (Å²) in [5.41, 5.74) is 15.8. The fraction of sp³-hybridized carbons (Fsp3) is 0. The highest BCUT2D eigenvalue weighted by Crippen LogP contribution is 2.54. The molecule has 266 valence electrons. The summed E-state index contributed by atoms with van der Waals surface area (Å²) in [6.07, 6.45) is 0. The molecule has 0 aliphatic rings. The van der Waals surface area contributed by atoms with Crippen molar-refractivity contribution in [3.8, 4) is 22.3 Å². The number of aromatic nitrogens is 2. The molecule has 0 aliphatic carbocycles. The smallest absolute Gasteiger partial charge is 0.136 e. The molecule has 6 heterocycles. The molecule has 58 heavy (non-hydrogen) atoms. The summed E-state index contributed by atoms with van der Waals surface area (Å²) in [5.74, 6) is 0. The van der Waals surface area contributed by atoms with Crippen LogP contribution in [0.2, 0.25) is 0 Å². The van der Waals surface area contributed by atoms with Crippen molar-refractivity contribution < 1.29 is 8.83 Å². The van der Waals surface area contributed by atoms with Crippen LogP contribution in [0.25, 0.3) is 142 Å². The molecule has 0 amide bonds. The third-order valence-corrected chi connectivity index (χ3v) is 13.2. The lowest BCUT2D eigenvalue weighted by Gasteiger charge is -2.08. The summed E-state index contributed by atoms with van der Waals surface area (Å²) < 4.78 is 18.0. The quantitative estimate of drug-likeness (QED) is 0.177. The van der Waals surface area contributed by atoms with E-state index in [0.29, 0.717) is 0 Å². The maximum atomic E-state index is 6.44. The van der Waals surface area contributed by atoms with Gasteiger partial charge < -0.3 is 17.6 Å². The van der Waals surface area contributed by atoms with Gasteiger partial charge in [-0.05, 0) is 47.5 Å². The molecule has 0 saturated carbocycles. The van der Waals surface area contributed by atoms with Gasteiger partial charge in [-0.15, -0.1) is 0 Å². The molecule has 0 atom stereocenters. The standard InChI is InChI=1S/C54H28N2O2/c1-5-23-39-33(13-1)47-49-37-21-9-20-32(30-18-12-28-44-46(30)36-16-4-8-26-42(36)58-44)52(37)56-40-24-6-2-14-34(40)48(54(49)56)50-38-22-10-19-31(51(38)55(39)53(47)50)29-17-11-27-43-45(29)35-15-3-7-25-41(35)57-43/h1-28H. The van der Waals surface area contributed by atoms with Gasteiger partial charge in [0, 0.05) is 75.8 Å². The molecule has 4 nitrogen and oxygen atoms in total. The summed E-state index contributed by atoms with van der Waals surface area (Å²) in [6.45, 7) is 0. The monoisotopic (exact) mass is 736 g/mol. The average Bonchev–Trinajstić information content (AvgIpc) is 4.12. The van der Waals surface area contributed by atoms with Gasteiger partial charge >= 0.3 is 0 Å². The van der Waals surface area contributed by atoms with E-state index < -0.39 is 0 Å². The Morgan fingerprint density at radius 3 is 1.07 bits per heavy atom. The molecule has 15 aromatic rings. The third-order valence-electron chi connectivity index (χ3n) is 13.2. The van der Waals surface area contributed by atoms with Crippen LogP contribution < -0.4 is 0 Å². The highest BCUT2D eigenvalue weighted by molar-refractivity contribution is 6.46. The molecular formula is C54H28N2O2. The van der Waals surface area contributed by atoms with E-state index in [4.69, 9.17) is 8.83 Å². The van der Waals surface area contributed by atoms with Crippen molar-refractivity contribution in [3.63, 3.8) is 0 Å². The molecule has 9 aromatic carbocycles. The third kappa shape index (κ3) is 3.30. The van der Waals surface area contributed by atoms with Crippen molar-refractivity contribution in [2.45, 2.75) is 0 Å². The molecule has 0 unspecified atom stereocenters. The number of nitrogens with zero attached hydrogens (tertiary/aromatic N) is 2. The minimum absolute atomic E-state index is 0.906.